The van der Waals surface area contributed by atoms with E-state index in [9.17, 15) is 0 Å². The first-order chi connectivity index (χ1) is 9.33. The van der Waals surface area contributed by atoms with E-state index in [1.807, 2.05) is 0 Å². The van der Waals surface area contributed by atoms with Crippen LogP contribution in [0.5, 0.6) is 5.75 Å². The van der Waals surface area contributed by atoms with Gasteiger partial charge in [0.25, 0.3) is 0 Å². The summed E-state index contributed by atoms with van der Waals surface area (Å²) in [6.45, 7) is 10.1. The molecule has 0 aromatic heterocycles. The van der Waals surface area contributed by atoms with Crippen molar-refractivity contribution in [3.05, 3.63) is 29.3 Å². The maximum atomic E-state index is 5.93. The van der Waals surface area contributed by atoms with Gasteiger partial charge >= 0.3 is 0 Å². The molecule has 1 heterocycles. The molecule has 3 rings (SSSR count). The second-order valence-electron chi connectivity index (χ2n) is 7.97. The number of nitrogens with one attached hydrogen (secondary N) is 1. The summed E-state index contributed by atoms with van der Waals surface area (Å²) < 4.78 is 5.93. The van der Waals surface area contributed by atoms with E-state index in [0.29, 0.717) is 11.5 Å². The maximum absolute atomic E-state index is 5.93. The van der Waals surface area contributed by atoms with Crippen LogP contribution in [0.2, 0.25) is 0 Å². The minimum absolute atomic E-state index is 0.0378. The highest BCUT2D eigenvalue weighted by Crippen LogP contribution is 2.37. The predicted molar refractivity (Wildman–Crippen MR) is 83.1 cm³/mol. The average Bonchev–Trinajstić information content (AvgIpc) is 2.83. The normalized spacial score (nSPS) is 26.3. The Morgan fingerprint density at radius 1 is 1.25 bits per heavy atom. The highest BCUT2D eigenvalue weighted by Gasteiger charge is 2.31. The van der Waals surface area contributed by atoms with Crippen LogP contribution in [0.25, 0.3) is 0 Å². The summed E-state index contributed by atoms with van der Waals surface area (Å²) >= 11 is 0. The van der Waals surface area contributed by atoms with E-state index >= 15 is 0 Å². The van der Waals surface area contributed by atoms with Crippen molar-refractivity contribution in [2.24, 2.45) is 5.41 Å². The first-order valence-electron chi connectivity index (χ1n) is 7.87. The molecule has 0 radical (unpaired) electrons. The van der Waals surface area contributed by atoms with Crippen LogP contribution in [-0.4, -0.2) is 11.6 Å². The number of fused-ring (bicyclic) bond motifs is 1. The van der Waals surface area contributed by atoms with Crippen molar-refractivity contribution in [3.63, 3.8) is 0 Å². The van der Waals surface area contributed by atoms with Crippen LogP contribution in [0.3, 0.4) is 0 Å². The van der Waals surface area contributed by atoms with Crippen LogP contribution in [0, 0.1) is 5.41 Å². The van der Waals surface area contributed by atoms with E-state index < -0.39 is 0 Å². The number of hydrogen-bond donors (Lipinski definition) is 1. The molecule has 2 heteroatoms. The Hall–Kier alpha value is -1.02. The van der Waals surface area contributed by atoms with E-state index in [1.54, 1.807) is 0 Å². The quantitative estimate of drug-likeness (QED) is 0.896. The van der Waals surface area contributed by atoms with Gasteiger partial charge in [0, 0.05) is 19.0 Å². The lowest BCUT2D eigenvalue weighted by Gasteiger charge is -2.18. The second kappa shape index (κ2) is 4.77. The third kappa shape index (κ3) is 3.01. The molecule has 0 amide bonds. The molecule has 1 aromatic rings. The Morgan fingerprint density at radius 3 is 2.75 bits per heavy atom. The summed E-state index contributed by atoms with van der Waals surface area (Å²) in [5.74, 6) is 1.07. The number of rotatable bonds is 3. The summed E-state index contributed by atoms with van der Waals surface area (Å²) in [7, 11) is 0. The van der Waals surface area contributed by atoms with Gasteiger partial charge in [-0.3, -0.25) is 0 Å². The van der Waals surface area contributed by atoms with Gasteiger partial charge in [-0.05, 0) is 55.7 Å². The van der Waals surface area contributed by atoms with Gasteiger partial charge in [-0.1, -0.05) is 26.0 Å². The largest absolute Gasteiger partial charge is 0.487 e. The summed E-state index contributed by atoms with van der Waals surface area (Å²) in [6, 6.07) is 7.34. The monoisotopic (exact) mass is 273 g/mol. The molecule has 1 saturated carbocycles. The van der Waals surface area contributed by atoms with Crippen molar-refractivity contribution in [2.45, 2.75) is 71.6 Å². The Labute approximate surface area is 122 Å². The Morgan fingerprint density at radius 2 is 2.05 bits per heavy atom. The number of ether oxygens (including phenoxy) is 1. The summed E-state index contributed by atoms with van der Waals surface area (Å²) in [5.41, 5.74) is 3.23. The molecular formula is C18H27NO. The van der Waals surface area contributed by atoms with Crippen LogP contribution in [0.4, 0.5) is 0 Å². The Balaban J connectivity index is 1.60. The molecule has 1 N–H and O–H groups in total. The second-order valence-corrected chi connectivity index (χ2v) is 7.97. The van der Waals surface area contributed by atoms with Gasteiger partial charge in [-0.25, -0.2) is 0 Å². The van der Waals surface area contributed by atoms with Gasteiger partial charge in [0.15, 0.2) is 0 Å². The maximum Gasteiger partial charge on any atom is 0.123 e. The standard InChI is InChI=1S/C18H27NO/c1-17(2)8-7-15(11-17)19-12-13-5-6-16-14(9-13)10-18(3,4)20-16/h5-6,9,15,19H,7-8,10-12H2,1-4H3. The van der Waals surface area contributed by atoms with E-state index in [-0.39, 0.29) is 5.60 Å². The predicted octanol–water partition coefficient (Wildman–Crippen LogP) is 4.07. The minimum Gasteiger partial charge on any atom is -0.487 e. The Bertz CT molecular complexity index is 504. The van der Waals surface area contributed by atoms with Gasteiger partial charge in [0.1, 0.15) is 11.4 Å². The molecule has 20 heavy (non-hydrogen) atoms. The fraction of sp³-hybridized carbons (Fsp3) is 0.667. The molecule has 0 bridgehead atoms. The highest BCUT2D eigenvalue weighted by atomic mass is 16.5. The smallest absolute Gasteiger partial charge is 0.123 e. The van der Waals surface area contributed by atoms with Gasteiger partial charge in [-0.2, -0.15) is 0 Å². The molecule has 1 aliphatic heterocycles. The lowest BCUT2D eigenvalue weighted by molar-refractivity contribution is 0.138. The SMILES string of the molecule is CC1(C)CCC(NCc2ccc3c(c2)CC(C)(C)O3)C1. The van der Waals surface area contributed by atoms with Crippen LogP contribution >= 0.6 is 0 Å². The first-order valence-corrected chi connectivity index (χ1v) is 7.87. The van der Waals surface area contributed by atoms with Crippen molar-refractivity contribution < 1.29 is 4.74 Å². The molecule has 2 nitrogen and oxygen atoms in total. The van der Waals surface area contributed by atoms with Crippen molar-refractivity contribution in [1.29, 1.82) is 0 Å². The summed E-state index contributed by atoms with van der Waals surface area (Å²) in [5, 5.41) is 3.72. The number of benzene rings is 1. The van der Waals surface area contributed by atoms with E-state index in [0.717, 1.165) is 18.7 Å². The zero-order chi connectivity index (χ0) is 14.4. The highest BCUT2D eigenvalue weighted by molar-refractivity contribution is 5.41. The van der Waals surface area contributed by atoms with Gasteiger partial charge in [-0.15, -0.1) is 0 Å². The third-order valence-corrected chi connectivity index (χ3v) is 4.69. The first kappa shape index (κ1) is 13.9. The summed E-state index contributed by atoms with van der Waals surface area (Å²) in [6.07, 6.45) is 4.98. The molecule has 1 aromatic carbocycles. The van der Waals surface area contributed by atoms with Crippen molar-refractivity contribution in [3.8, 4) is 5.75 Å². The average molecular weight is 273 g/mol. The lowest BCUT2D eigenvalue weighted by atomic mass is 9.92. The third-order valence-electron chi connectivity index (χ3n) is 4.69. The van der Waals surface area contributed by atoms with Gasteiger partial charge < -0.3 is 10.1 Å². The van der Waals surface area contributed by atoms with Crippen molar-refractivity contribution in [2.75, 3.05) is 0 Å². The number of hydrogen-bond acceptors (Lipinski definition) is 2. The van der Waals surface area contributed by atoms with Crippen LogP contribution in [-0.2, 0) is 13.0 Å². The lowest BCUT2D eigenvalue weighted by Crippen LogP contribution is -2.26. The van der Waals surface area contributed by atoms with Crippen LogP contribution in [0.1, 0.15) is 58.1 Å². The van der Waals surface area contributed by atoms with Crippen LogP contribution in [0.15, 0.2) is 18.2 Å². The van der Waals surface area contributed by atoms with E-state index in [2.05, 4.69) is 51.2 Å². The fourth-order valence-electron chi connectivity index (χ4n) is 3.65. The molecule has 1 unspecified atom stereocenters. The molecule has 110 valence electrons. The van der Waals surface area contributed by atoms with Crippen molar-refractivity contribution >= 4 is 0 Å². The molecule has 1 fully saturated rings. The van der Waals surface area contributed by atoms with Crippen LogP contribution < -0.4 is 10.1 Å². The van der Waals surface area contributed by atoms with E-state index in [1.165, 1.54) is 30.4 Å². The zero-order valence-electron chi connectivity index (χ0n) is 13.3. The van der Waals surface area contributed by atoms with Crippen molar-refractivity contribution in [1.82, 2.24) is 5.32 Å². The fourth-order valence-corrected chi connectivity index (χ4v) is 3.65. The molecular weight excluding hydrogens is 246 g/mol. The van der Waals surface area contributed by atoms with Gasteiger partial charge in [0.2, 0.25) is 0 Å². The zero-order valence-corrected chi connectivity index (χ0v) is 13.3. The molecule has 1 atom stereocenters. The minimum atomic E-state index is -0.0378. The van der Waals surface area contributed by atoms with E-state index in [4.69, 9.17) is 4.74 Å². The summed E-state index contributed by atoms with van der Waals surface area (Å²) in [4.78, 5) is 0. The van der Waals surface area contributed by atoms with Gasteiger partial charge in [0.05, 0.1) is 0 Å². The Kier molecular flexibility index (Phi) is 3.32. The topological polar surface area (TPSA) is 21.3 Å². The molecule has 2 aliphatic rings. The molecule has 0 saturated heterocycles. The molecule has 1 aliphatic carbocycles. The molecule has 0 spiro atoms.